The van der Waals surface area contributed by atoms with Gasteiger partial charge < -0.3 is 0 Å². The highest BCUT2D eigenvalue weighted by atomic mass is 32.2. The van der Waals surface area contributed by atoms with E-state index in [0.29, 0.717) is 13.0 Å². The van der Waals surface area contributed by atoms with Crippen LogP contribution in [0, 0.1) is 17.1 Å². The lowest BCUT2D eigenvalue weighted by Gasteiger charge is -2.27. The molecule has 0 amide bonds. The van der Waals surface area contributed by atoms with Crippen LogP contribution >= 0.6 is 0 Å². The van der Waals surface area contributed by atoms with Crippen LogP contribution in [0.4, 0.5) is 4.39 Å². The Bertz CT molecular complexity index is 623. The lowest BCUT2D eigenvalue weighted by molar-refractivity contribution is 0.324. The molecule has 0 saturated heterocycles. The zero-order valence-corrected chi connectivity index (χ0v) is 13.5. The van der Waals surface area contributed by atoms with Crippen molar-refractivity contribution in [1.29, 1.82) is 5.26 Å². The van der Waals surface area contributed by atoms with E-state index < -0.39 is 15.8 Å². The molecule has 116 valence electrons. The zero-order chi connectivity index (χ0) is 16.0. The van der Waals surface area contributed by atoms with Gasteiger partial charge in [0.2, 0.25) is 10.0 Å². The predicted octanol–water partition coefficient (Wildman–Crippen LogP) is 3.29. The molecule has 1 atom stereocenters. The molecule has 0 aliphatic rings. The number of rotatable bonds is 7. The van der Waals surface area contributed by atoms with Crippen molar-refractivity contribution >= 4 is 10.0 Å². The van der Waals surface area contributed by atoms with Gasteiger partial charge in [-0.1, -0.05) is 20.3 Å². The third kappa shape index (κ3) is 4.02. The van der Waals surface area contributed by atoms with Gasteiger partial charge >= 0.3 is 0 Å². The first-order valence-electron chi connectivity index (χ1n) is 7.09. The fourth-order valence-electron chi connectivity index (χ4n) is 1.98. The first-order chi connectivity index (χ1) is 9.88. The zero-order valence-electron chi connectivity index (χ0n) is 12.6. The van der Waals surface area contributed by atoms with Crippen molar-refractivity contribution in [3.05, 3.63) is 29.6 Å². The van der Waals surface area contributed by atoms with E-state index in [-0.39, 0.29) is 16.5 Å². The number of sulfonamides is 1. The summed E-state index contributed by atoms with van der Waals surface area (Å²) in [4.78, 5) is -0.0307. The largest absolute Gasteiger partial charge is 0.243 e. The van der Waals surface area contributed by atoms with Gasteiger partial charge in [0, 0.05) is 12.6 Å². The summed E-state index contributed by atoms with van der Waals surface area (Å²) < 4.78 is 40.2. The average Bonchev–Trinajstić information content (AvgIpc) is 2.47. The standard InChI is InChI=1S/C15H21FN2O2S/c1-4-6-9-18(12(3)5-2)21(19,20)14-7-8-15(16)13(10-14)11-17/h7-8,10,12H,4-6,9H2,1-3H3. The SMILES string of the molecule is CCCCN(C(C)CC)S(=O)(=O)c1ccc(F)c(C#N)c1. The maximum atomic E-state index is 13.4. The molecule has 1 unspecified atom stereocenters. The molecule has 0 spiro atoms. The van der Waals surface area contributed by atoms with Crippen LogP contribution < -0.4 is 0 Å². The molecule has 6 heteroatoms. The van der Waals surface area contributed by atoms with E-state index in [1.165, 1.54) is 10.4 Å². The summed E-state index contributed by atoms with van der Waals surface area (Å²) in [7, 11) is -3.72. The van der Waals surface area contributed by atoms with E-state index >= 15 is 0 Å². The van der Waals surface area contributed by atoms with Crippen molar-refractivity contribution in [1.82, 2.24) is 4.31 Å². The predicted molar refractivity (Wildman–Crippen MR) is 79.7 cm³/mol. The van der Waals surface area contributed by atoms with Gasteiger partial charge in [-0.25, -0.2) is 12.8 Å². The molecular weight excluding hydrogens is 291 g/mol. The first-order valence-corrected chi connectivity index (χ1v) is 8.53. The van der Waals surface area contributed by atoms with Crippen LogP contribution in [0.2, 0.25) is 0 Å². The number of halogens is 1. The Morgan fingerprint density at radius 2 is 2.05 bits per heavy atom. The van der Waals surface area contributed by atoms with Crippen LogP contribution in [0.25, 0.3) is 0 Å². The summed E-state index contributed by atoms with van der Waals surface area (Å²) in [6, 6.07) is 4.88. The van der Waals surface area contributed by atoms with Crippen molar-refractivity contribution in [3.8, 4) is 6.07 Å². The van der Waals surface area contributed by atoms with Gasteiger partial charge in [0.1, 0.15) is 11.9 Å². The lowest BCUT2D eigenvalue weighted by Crippen LogP contribution is -2.39. The molecule has 0 fully saturated rings. The molecule has 0 aliphatic carbocycles. The minimum absolute atomic E-state index is 0.0307. The van der Waals surface area contributed by atoms with E-state index in [0.717, 1.165) is 25.0 Å². The summed E-state index contributed by atoms with van der Waals surface area (Å²) in [6.45, 7) is 6.19. The Labute approximate surface area is 126 Å². The minimum atomic E-state index is -3.72. The Morgan fingerprint density at radius 3 is 2.57 bits per heavy atom. The highest BCUT2D eigenvalue weighted by Crippen LogP contribution is 2.22. The maximum absolute atomic E-state index is 13.4. The Kier molecular flexibility index (Phi) is 6.31. The van der Waals surface area contributed by atoms with E-state index in [4.69, 9.17) is 5.26 Å². The second-order valence-electron chi connectivity index (χ2n) is 4.98. The van der Waals surface area contributed by atoms with E-state index in [2.05, 4.69) is 0 Å². The number of hydrogen-bond donors (Lipinski definition) is 0. The summed E-state index contributed by atoms with van der Waals surface area (Å²) in [5, 5.41) is 8.85. The molecule has 1 aromatic carbocycles. The fourth-order valence-corrected chi connectivity index (χ4v) is 3.75. The molecule has 1 rings (SSSR count). The van der Waals surface area contributed by atoms with Crippen LogP contribution in [0.5, 0.6) is 0 Å². The Morgan fingerprint density at radius 1 is 1.38 bits per heavy atom. The van der Waals surface area contributed by atoms with Gasteiger partial charge in [0.05, 0.1) is 10.5 Å². The molecule has 1 aromatic rings. The van der Waals surface area contributed by atoms with Crippen LogP contribution in [-0.2, 0) is 10.0 Å². The Hall–Kier alpha value is -1.45. The second kappa shape index (κ2) is 7.53. The van der Waals surface area contributed by atoms with Crippen LogP contribution in [0.1, 0.15) is 45.6 Å². The summed E-state index contributed by atoms with van der Waals surface area (Å²) in [5.74, 6) is -0.708. The fraction of sp³-hybridized carbons (Fsp3) is 0.533. The number of hydrogen-bond acceptors (Lipinski definition) is 3. The smallest absolute Gasteiger partial charge is 0.207 e. The van der Waals surface area contributed by atoms with Crippen molar-refractivity contribution < 1.29 is 12.8 Å². The number of nitriles is 1. The van der Waals surface area contributed by atoms with Crippen molar-refractivity contribution in [2.24, 2.45) is 0 Å². The summed E-state index contributed by atoms with van der Waals surface area (Å²) in [6.07, 6.45) is 2.33. The minimum Gasteiger partial charge on any atom is -0.207 e. The quantitative estimate of drug-likeness (QED) is 0.776. The molecule has 0 saturated carbocycles. The second-order valence-corrected chi connectivity index (χ2v) is 6.87. The van der Waals surface area contributed by atoms with Crippen molar-refractivity contribution in [3.63, 3.8) is 0 Å². The van der Waals surface area contributed by atoms with Gasteiger partial charge in [0.15, 0.2) is 0 Å². The molecule has 0 radical (unpaired) electrons. The molecule has 0 aromatic heterocycles. The van der Waals surface area contributed by atoms with Crippen LogP contribution in [0.15, 0.2) is 23.1 Å². The third-order valence-corrected chi connectivity index (χ3v) is 5.49. The molecule has 21 heavy (non-hydrogen) atoms. The van der Waals surface area contributed by atoms with Crippen LogP contribution in [0.3, 0.4) is 0 Å². The van der Waals surface area contributed by atoms with Crippen molar-refractivity contribution in [2.45, 2.75) is 51.0 Å². The summed E-state index contributed by atoms with van der Waals surface area (Å²) >= 11 is 0. The summed E-state index contributed by atoms with van der Waals surface area (Å²) in [5.41, 5.74) is -0.254. The average molecular weight is 312 g/mol. The Balaban J connectivity index is 3.25. The molecule has 0 aliphatic heterocycles. The number of benzene rings is 1. The van der Waals surface area contributed by atoms with Gasteiger partial charge in [-0.05, 0) is 38.0 Å². The third-order valence-electron chi connectivity index (χ3n) is 3.48. The van der Waals surface area contributed by atoms with E-state index in [1.807, 2.05) is 20.8 Å². The highest BCUT2D eigenvalue weighted by Gasteiger charge is 2.28. The van der Waals surface area contributed by atoms with E-state index in [1.54, 1.807) is 6.07 Å². The maximum Gasteiger partial charge on any atom is 0.243 e. The number of nitrogens with zero attached hydrogens (tertiary/aromatic N) is 2. The lowest BCUT2D eigenvalue weighted by atomic mass is 10.2. The van der Waals surface area contributed by atoms with Gasteiger partial charge in [-0.15, -0.1) is 0 Å². The molecule has 0 N–H and O–H groups in total. The first kappa shape index (κ1) is 17.6. The topological polar surface area (TPSA) is 61.2 Å². The van der Waals surface area contributed by atoms with Gasteiger partial charge in [-0.3, -0.25) is 0 Å². The normalized spacial score (nSPS) is 13.1. The molecule has 0 bridgehead atoms. The van der Waals surface area contributed by atoms with Gasteiger partial charge in [-0.2, -0.15) is 9.57 Å². The van der Waals surface area contributed by atoms with Crippen molar-refractivity contribution in [2.75, 3.05) is 6.54 Å². The highest BCUT2D eigenvalue weighted by molar-refractivity contribution is 7.89. The van der Waals surface area contributed by atoms with Gasteiger partial charge in [0.25, 0.3) is 0 Å². The molecule has 4 nitrogen and oxygen atoms in total. The monoisotopic (exact) mass is 312 g/mol. The number of unbranched alkanes of at least 4 members (excludes halogenated alkanes) is 1. The molecular formula is C15H21FN2O2S. The van der Waals surface area contributed by atoms with E-state index in [9.17, 15) is 12.8 Å². The van der Waals surface area contributed by atoms with Crippen LogP contribution in [-0.4, -0.2) is 25.3 Å². The molecule has 0 heterocycles.